The van der Waals surface area contributed by atoms with Crippen molar-refractivity contribution in [1.82, 2.24) is 6.15 Å². The molecule has 0 unspecified atom stereocenters. The maximum Gasteiger partial charge on any atom is 0.217 e. The Hall–Kier alpha value is -0.210. The summed E-state index contributed by atoms with van der Waals surface area (Å²) in [5, 5.41) is 9.46. The van der Waals surface area contributed by atoms with Gasteiger partial charge in [0.15, 0.2) is 0 Å². The van der Waals surface area contributed by atoms with E-state index in [1.807, 2.05) is 13.8 Å². The highest BCUT2D eigenvalue weighted by Gasteiger charge is 2.10. The van der Waals surface area contributed by atoms with Gasteiger partial charge < -0.3 is 15.8 Å². The molecule has 7 heteroatoms. The molecule has 0 rings (SSSR count). The second-order valence-electron chi connectivity index (χ2n) is 5.26. The van der Waals surface area contributed by atoms with Crippen molar-refractivity contribution in [2.24, 2.45) is 0 Å². The Labute approximate surface area is 124 Å². The molecule has 0 aliphatic rings. The predicted molar refractivity (Wildman–Crippen MR) is 81.6 cm³/mol. The maximum atomic E-state index is 9.46. The Morgan fingerprint density at radius 1 is 1.05 bits per heavy atom. The molecule has 0 heterocycles. The van der Waals surface area contributed by atoms with Gasteiger partial charge in [-0.1, -0.05) is 51.9 Å². The summed E-state index contributed by atoms with van der Waals surface area (Å²) >= 11 is 0. The number of rotatable bonds is 9. The Balaban J connectivity index is -0.000000352. The zero-order valence-corrected chi connectivity index (χ0v) is 14.5. The normalized spacial score (nSPS) is 11.3. The summed E-state index contributed by atoms with van der Waals surface area (Å²) in [7, 11) is -3.60. The third-order valence-corrected chi connectivity index (χ3v) is 3.00. The molecule has 0 aliphatic carbocycles. The number of aliphatic hydroxyl groups is 1. The van der Waals surface area contributed by atoms with Crippen LogP contribution in [0.1, 0.15) is 72.1 Å². The summed E-state index contributed by atoms with van der Waals surface area (Å²) in [5.41, 5.74) is -0.455. The largest absolute Gasteiger partial charge is 0.726 e. The average molecular weight is 315 g/mol. The van der Waals surface area contributed by atoms with Gasteiger partial charge in [0.25, 0.3) is 0 Å². The van der Waals surface area contributed by atoms with E-state index in [0.717, 1.165) is 13.5 Å². The molecular weight excluding hydrogens is 282 g/mol. The molecule has 0 saturated heterocycles. The molecule has 0 atom stereocenters. The van der Waals surface area contributed by atoms with Crippen LogP contribution >= 0.6 is 0 Å². The lowest BCUT2D eigenvalue weighted by molar-refractivity contribution is 0.0680. The Bertz CT molecular complexity index is 286. The molecule has 0 fully saturated rings. The molecule has 0 spiro atoms. The van der Waals surface area contributed by atoms with Crippen LogP contribution in [0.15, 0.2) is 0 Å². The van der Waals surface area contributed by atoms with E-state index in [1.165, 1.54) is 44.9 Å². The van der Waals surface area contributed by atoms with Crippen LogP contribution in [0.3, 0.4) is 0 Å². The summed E-state index contributed by atoms with van der Waals surface area (Å²) < 4.78 is 31.0. The highest BCUT2D eigenvalue weighted by Crippen LogP contribution is 2.14. The lowest BCUT2D eigenvalue weighted by Gasteiger charge is -2.16. The minimum absolute atomic E-state index is 0. The average Bonchev–Trinajstić information content (AvgIpc) is 2.26. The molecule has 0 aliphatic heterocycles. The minimum atomic E-state index is -4.41. The summed E-state index contributed by atoms with van der Waals surface area (Å²) in [5.74, 6) is 0. The first-order valence-electron chi connectivity index (χ1n) is 6.86. The van der Waals surface area contributed by atoms with E-state index >= 15 is 0 Å². The van der Waals surface area contributed by atoms with Crippen LogP contribution in [-0.4, -0.2) is 30.8 Å². The third kappa shape index (κ3) is 30.7. The van der Waals surface area contributed by atoms with E-state index in [0.29, 0.717) is 0 Å². The first-order chi connectivity index (χ1) is 8.62. The van der Waals surface area contributed by atoms with Crippen LogP contribution in [0.4, 0.5) is 0 Å². The van der Waals surface area contributed by atoms with E-state index in [9.17, 15) is 18.1 Å². The zero-order valence-electron chi connectivity index (χ0n) is 13.6. The lowest BCUT2D eigenvalue weighted by atomic mass is 10.00. The van der Waals surface area contributed by atoms with E-state index in [2.05, 4.69) is 11.1 Å². The third-order valence-electron chi connectivity index (χ3n) is 2.60. The molecule has 0 amide bonds. The van der Waals surface area contributed by atoms with Gasteiger partial charge in [-0.3, -0.25) is 4.18 Å². The number of unbranched alkanes of at least 4 members (excludes halogenated alkanes) is 6. The van der Waals surface area contributed by atoms with Crippen molar-refractivity contribution in [1.29, 1.82) is 0 Å². The van der Waals surface area contributed by atoms with Gasteiger partial charge in [0.1, 0.15) is 0 Å². The summed E-state index contributed by atoms with van der Waals surface area (Å²) in [6, 6.07) is 0. The molecule has 0 bridgehead atoms. The molecule has 0 aromatic heterocycles. The van der Waals surface area contributed by atoms with Gasteiger partial charge in [-0.25, -0.2) is 8.42 Å². The standard InChI is InChI=1S/C12H26O.CH4O4S.H3N/c1-4-5-6-7-8-9-10-11-12(2,3)13;1-5-6(2,3)4;/h13H,4-11H2,1-3H3;1H3,(H,2,3,4);1H3. The van der Waals surface area contributed by atoms with Crippen LogP contribution in [0.5, 0.6) is 0 Å². The Morgan fingerprint density at radius 3 is 1.70 bits per heavy atom. The van der Waals surface area contributed by atoms with Crippen LogP contribution in [0, 0.1) is 0 Å². The summed E-state index contributed by atoms with van der Waals surface area (Å²) in [6.07, 6.45) is 10.2. The van der Waals surface area contributed by atoms with Crippen molar-refractivity contribution in [3.05, 3.63) is 0 Å². The molecule has 0 aromatic carbocycles. The fourth-order valence-electron chi connectivity index (χ4n) is 1.51. The lowest BCUT2D eigenvalue weighted by Crippen LogP contribution is -2.17. The summed E-state index contributed by atoms with van der Waals surface area (Å²) in [4.78, 5) is 0. The van der Waals surface area contributed by atoms with E-state index in [-0.39, 0.29) is 6.15 Å². The van der Waals surface area contributed by atoms with Crippen LogP contribution in [-0.2, 0) is 14.6 Å². The zero-order chi connectivity index (χ0) is 15.4. The monoisotopic (exact) mass is 315 g/mol. The van der Waals surface area contributed by atoms with E-state index in [4.69, 9.17) is 0 Å². The molecular formula is C13H33NO5S. The van der Waals surface area contributed by atoms with Gasteiger partial charge in [0.2, 0.25) is 10.4 Å². The topological polar surface area (TPSA) is 123 Å². The number of hydrogen-bond donors (Lipinski definition) is 2. The fraction of sp³-hybridized carbons (Fsp3) is 1.00. The van der Waals surface area contributed by atoms with Gasteiger partial charge in [-0.2, -0.15) is 0 Å². The minimum Gasteiger partial charge on any atom is -0.726 e. The smallest absolute Gasteiger partial charge is 0.217 e. The van der Waals surface area contributed by atoms with Crippen molar-refractivity contribution >= 4 is 10.4 Å². The molecule has 126 valence electrons. The van der Waals surface area contributed by atoms with Gasteiger partial charge in [-0.05, 0) is 20.3 Å². The highest BCUT2D eigenvalue weighted by molar-refractivity contribution is 7.80. The SMILES string of the molecule is CCCCCCCCCC(C)(C)O.COS(=O)(=O)[O-].[NH4+]. The van der Waals surface area contributed by atoms with Crippen molar-refractivity contribution in [3.63, 3.8) is 0 Å². The van der Waals surface area contributed by atoms with Crippen LogP contribution in [0.25, 0.3) is 0 Å². The fourth-order valence-corrected chi connectivity index (χ4v) is 1.51. The first kappa shape index (κ1) is 24.8. The molecule has 6 nitrogen and oxygen atoms in total. The second-order valence-corrected chi connectivity index (χ2v) is 6.41. The summed E-state index contributed by atoms with van der Waals surface area (Å²) in [6.45, 7) is 6.03. The molecule has 0 saturated carbocycles. The van der Waals surface area contributed by atoms with Gasteiger partial charge in [0.05, 0.1) is 12.7 Å². The predicted octanol–water partition coefficient (Wildman–Crippen LogP) is 3.37. The van der Waals surface area contributed by atoms with Gasteiger partial charge >= 0.3 is 0 Å². The van der Waals surface area contributed by atoms with E-state index in [1.54, 1.807) is 0 Å². The quantitative estimate of drug-likeness (QED) is 0.383. The first-order valence-corrected chi connectivity index (χ1v) is 8.19. The molecule has 20 heavy (non-hydrogen) atoms. The highest BCUT2D eigenvalue weighted by atomic mass is 32.3. The van der Waals surface area contributed by atoms with Crippen molar-refractivity contribution in [3.8, 4) is 0 Å². The van der Waals surface area contributed by atoms with Gasteiger partial charge in [0, 0.05) is 0 Å². The van der Waals surface area contributed by atoms with Crippen LogP contribution < -0.4 is 6.15 Å². The van der Waals surface area contributed by atoms with Crippen molar-refractivity contribution in [2.45, 2.75) is 77.7 Å². The van der Waals surface area contributed by atoms with Crippen molar-refractivity contribution < 1.29 is 22.3 Å². The molecule has 0 aromatic rings. The maximum absolute atomic E-state index is 9.46. The van der Waals surface area contributed by atoms with Crippen LogP contribution in [0.2, 0.25) is 0 Å². The van der Waals surface area contributed by atoms with Crippen molar-refractivity contribution in [2.75, 3.05) is 7.11 Å². The van der Waals surface area contributed by atoms with E-state index < -0.39 is 16.0 Å². The second kappa shape index (κ2) is 13.8. The molecule has 0 radical (unpaired) electrons. The molecule has 5 N–H and O–H groups in total. The Morgan fingerprint density at radius 2 is 1.40 bits per heavy atom. The van der Waals surface area contributed by atoms with Gasteiger partial charge in [-0.15, -0.1) is 0 Å². The number of hydrogen-bond acceptors (Lipinski definition) is 5. The number of quaternary nitrogens is 1. The Kier molecular flexibility index (Phi) is 17.1.